The van der Waals surface area contributed by atoms with Crippen molar-refractivity contribution in [3.05, 3.63) is 70.3 Å². The molecular weight excluding hydrogens is 384 g/mol. The minimum atomic E-state index is -0.768. The monoisotopic (exact) mass is 400 g/mol. The van der Waals surface area contributed by atoms with Gasteiger partial charge in [-0.1, -0.05) is 40.2 Å². The summed E-state index contributed by atoms with van der Waals surface area (Å²) in [6.45, 7) is 0. The number of hydrogen-bond donors (Lipinski definition) is 2. The molecule has 0 aliphatic rings. The molecule has 0 saturated heterocycles. The van der Waals surface area contributed by atoms with Gasteiger partial charge in [-0.15, -0.1) is 0 Å². The Morgan fingerprint density at radius 1 is 1.20 bits per heavy atom. The number of fused-ring (bicyclic) bond motifs is 1. The summed E-state index contributed by atoms with van der Waals surface area (Å²) in [5, 5.41) is 3.79. The van der Waals surface area contributed by atoms with Crippen LogP contribution in [-0.4, -0.2) is 30.0 Å². The molecular formula is C19H17BrN2O3. The number of halogens is 1. The number of methoxy groups -OCH3 is 1. The number of esters is 1. The highest BCUT2D eigenvalue weighted by atomic mass is 79.9. The largest absolute Gasteiger partial charge is 0.467 e. The zero-order valence-electron chi connectivity index (χ0n) is 13.6. The number of carbonyl (C=O) groups is 2. The fourth-order valence-corrected chi connectivity index (χ4v) is 3.13. The molecule has 3 aromatic rings. The van der Waals surface area contributed by atoms with Crippen LogP contribution < -0.4 is 5.32 Å². The highest BCUT2D eigenvalue weighted by molar-refractivity contribution is 9.10. The fourth-order valence-electron chi connectivity index (χ4n) is 2.73. The average molecular weight is 401 g/mol. The second-order valence-corrected chi connectivity index (χ2v) is 6.54. The van der Waals surface area contributed by atoms with Crippen molar-refractivity contribution >= 4 is 38.7 Å². The highest BCUT2D eigenvalue weighted by Crippen LogP contribution is 2.20. The lowest BCUT2D eigenvalue weighted by molar-refractivity contribution is -0.142. The Balaban J connectivity index is 1.83. The lowest BCUT2D eigenvalue weighted by Gasteiger charge is -2.16. The van der Waals surface area contributed by atoms with Crippen LogP contribution >= 0.6 is 15.9 Å². The number of nitrogens with one attached hydrogen (secondary N) is 2. The highest BCUT2D eigenvalue weighted by Gasteiger charge is 2.23. The minimum Gasteiger partial charge on any atom is -0.467 e. The van der Waals surface area contributed by atoms with Crippen molar-refractivity contribution in [1.29, 1.82) is 0 Å². The molecule has 128 valence electrons. The Morgan fingerprint density at radius 2 is 2.00 bits per heavy atom. The van der Waals surface area contributed by atoms with E-state index in [0.29, 0.717) is 12.0 Å². The smallest absolute Gasteiger partial charge is 0.328 e. The van der Waals surface area contributed by atoms with Crippen LogP contribution in [0, 0.1) is 0 Å². The molecule has 5 nitrogen and oxygen atoms in total. The van der Waals surface area contributed by atoms with Crippen molar-refractivity contribution in [2.75, 3.05) is 7.11 Å². The van der Waals surface area contributed by atoms with Crippen molar-refractivity contribution in [2.45, 2.75) is 12.5 Å². The molecule has 0 aliphatic heterocycles. The quantitative estimate of drug-likeness (QED) is 0.644. The van der Waals surface area contributed by atoms with E-state index in [4.69, 9.17) is 4.74 Å². The van der Waals surface area contributed by atoms with Crippen molar-refractivity contribution in [1.82, 2.24) is 10.3 Å². The third kappa shape index (κ3) is 3.91. The number of ether oxygens (including phenoxy) is 1. The van der Waals surface area contributed by atoms with Crippen LogP contribution in [0.5, 0.6) is 0 Å². The first-order chi connectivity index (χ1) is 12.1. The normalized spacial score (nSPS) is 11.9. The Bertz CT molecular complexity index is 920. The lowest BCUT2D eigenvalue weighted by atomic mass is 10.0. The van der Waals surface area contributed by atoms with Crippen LogP contribution in [0.25, 0.3) is 10.9 Å². The summed E-state index contributed by atoms with van der Waals surface area (Å²) in [7, 11) is 1.32. The maximum absolute atomic E-state index is 12.5. The zero-order valence-corrected chi connectivity index (χ0v) is 15.2. The number of para-hydroxylation sites is 1. The van der Waals surface area contributed by atoms with Gasteiger partial charge in [-0.3, -0.25) is 4.79 Å². The molecule has 6 heteroatoms. The summed E-state index contributed by atoms with van der Waals surface area (Å²) in [4.78, 5) is 27.8. The number of H-pyrrole nitrogens is 1. The topological polar surface area (TPSA) is 71.2 Å². The summed E-state index contributed by atoms with van der Waals surface area (Å²) in [5.41, 5.74) is 2.40. The second kappa shape index (κ2) is 7.53. The predicted octanol–water partition coefficient (Wildman–Crippen LogP) is 3.44. The third-order valence-electron chi connectivity index (χ3n) is 3.98. The Hall–Kier alpha value is -2.60. The van der Waals surface area contributed by atoms with Gasteiger partial charge in [-0.05, 0) is 29.8 Å². The van der Waals surface area contributed by atoms with Crippen molar-refractivity contribution in [2.24, 2.45) is 0 Å². The van der Waals surface area contributed by atoms with E-state index in [9.17, 15) is 9.59 Å². The van der Waals surface area contributed by atoms with E-state index in [-0.39, 0.29) is 5.91 Å². The first kappa shape index (κ1) is 17.2. The van der Waals surface area contributed by atoms with Crippen LogP contribution in [0.3, 0.4) is 0 Å². The molecule has 0 radical (unpaired) electrons. The molecule has 0 spiro atoms. The fraction of sp³-hybridized carbons (Fsp3) is 0.158. The molecule has 1 atom stereocenters. The van der Waals surface area contributed by atoms with Crippen LogP contribution in [-0.2, 0) is 16.0 Å². The Kier molecular flexibility index (Phi) is 5.19. The van der Waals surface area contributed by atoms with Gasteiger partial charge in [0.05, 0.1) is 7.11 Å². The molecule has 1 unspecified atom stereocenters. The molecule has 1 amide bonds. The summed E-state index contributed by atoms with van der Waals surface area (Å²) < 4.78 is 5.66. The van der Waals surface area contributed by atoms with E-state index in [0.717, 1.165) is 20.9 Å². The van der Waals surface area contributed by atoms with Gasteiger partial charge in [0.1, 0.15) is 6.04 Å². The maximum atomic E-state index is 12.5. The average Bonchev–Trinajstić information content (AvgIpc) is 3.03. The molecule has 0 fully saturated rings. The number of carbonyl (C=O) groups excluding carboxylic acids is 2. The molecule has 0 aliphatic carbocycles. The van der Waals surface area contributed by atoms with Crippen LogP contribution in [0.15, 0.2) is 59.2 Å². The van der Waals surface area contributed by atoms with Gasteiger partial charge < -0.3 is 15.0 Å². The lowest BCUT2D eigenvalue weighted by Crippen LogP contribution is -2.43. The summed E-state index contributed by atoms with van der Waals surface area (Å²) >= 11 is 3.34. The number of rotatable bonds is 5. The Labute approximate surface area is 153 Å². The van der Waals surface area contributed by atoms with Crippen LogP contribution in [0.2, 0.25) is 0 Å². The molecule has 1 heterocycles. The van der Waals surface area contributed by atoms with E-state index in [1.165, 1.54) is 7.11 Å². The van der Waals surface area contributed by atoms with Crippen molar-refractivity contribution in [3.8, 4) is 0 Å². The maximum Gasteiger partial charge on any atom is 0.328 e. The van der Waals surface area contributed by atoms with E-state index in [1.807, 2.05) is 36.5 Å². The SMILES string of the molecule is COC(=O)C(Cc1c[nH]c2ccccc12)NC(=O)c1cccc(Br)c1. The van der Waals surface area contributed by atoms with Crippen molar-refractivity contribution in [3.63, 3.8) is 0 Å². The second-order valence-electron chi connectivity index (χ2n) is 5.62. The van der Waals surface area contributed by atoms with E-state index >= 15 is 0 Å². The molecule has 2 N–H and O–H groups in total. The summed E-state index contributed by atoms with van der Waals surface area (Å²) in [6.07, 6.45) is 2.20. The first-order valence-corrected chi connectivity index (χ1v) is 8.57. The summed E-state index contributed by atoms with van der Waals surface area (Å²) in [5.74, 6) is -0.801. The molecule has 0 bridgehead atoms. The molecule has 2 aromatic carbocycles. The van der Waals surface area contributed by atoms with Gasteiger partial charge in [0.15, 0.2) is 0 Å². The number of benzene rings is 2. The van der Waals surface area contributed by atoms with Crippen molar-refractivity contribution < 1.29 is 14.3 Å². The molecule has 1 aromatic heterocycles. The van der Waals surface area contributed by atoms with Gasteiger partial charge in [-0.2, -0.15) is 0 Å². The number of aromatic amines is 1. The molecule has 3 rings (SSSR count). The van der Waals surface area contributed by atoms with Crippen LogP contribution in [0.1, 0.15) is 15.9 Å². The number of amides is 1. The van der Waals surface area contributed by atoms with Gasteiger partial charge in [0.25, 0.3) is 5.91 Å². The van der Waals surface area contributed by atoms with E-state index in [1.54, 1.807) is 18.2 Å². The zero-order chi connectivity index (χ0) is 17.8. The third-order valence-corrected chi connectivity index (χ3v) is 4.47. The van der Waals surface area contributed by atoms with Gasteiger partial charge in [-0.25, -0.2) is 4.79 Å². The first-order valence-electron chi connectivity index (χ1n) is 7.77. The van der Waals surface area contributed by atoms with E-state index in [2.05, 4.69) is 26.2 Å². The molecule has 0 saturated carbocycles. The number of aromatic nitrogens is 1. The predicted molar refractivity (Wildman–Crippen MR) is 99.4 cm³/mol. The standard InChI is InChI=1S/C19H17BrN2O3/c1-25-19(24)17(22-18(23)12-5-4-6-14(20)9-12)10-13-11-21-16-8-3-2-7-15(13)16/h2-9,11,17,21H,10H2,1H3,(H,22,23). The Morgan fingerprint density at radius 3 is 2.76 bits per heavy atom. The van der Waals surface area contributed by atoms with Gasteiger partial charge in [0.2, 0.25) is 0 Å². The van der Waals surface area contributed by atoms with E-state index < -0.39 is 12.0 Å². The van der Waals surface area contributed by atoms with Crippen LogP contribution in [0.4, 0.5) is 0 Å². The minimum absolute atomic E-state index is 0.323. The van der Waals surface area contributed by atoms with Gasteiger partial charge >= 0.3 is 5.97 Å². The summed E-state index contributed by atoms with van der Waals surface area (Å²) in [6, 6.07) is 14.1. The molecule has 25 heavy (non-hydrogen) atoms. The van der Waals surface area contributed by atoms with Gasteiger partial charge in [0, 0.05) is 33.6 Å². The number of hydrogen-bond acceptors (Lipinski definition) is 3.